The van der Waals surface area contributed by atoms with Crippen molar-refractivity contribution >= 4 is 33.4 Å². The van der Waals surface area contributed by atoms with E-state index in [0.29, 0.717) is 0 Å². The minimum Gasteiger partial charge on any atom is -0.438 e. The molecule has 1 amide bonds. The first-order valence-corrected chi connectivity index (χ1v) is 5.53. The van der Waals surface area contributed by atoms with E-state index >= 15 is 0 Å². The predicted octanol–water partition coefficient (Wildman–Crippen LogP) is 2.60. The van der Waals surface area contributed by atoms with Crippen LogP contribution < -0.4 is 5.73 Å². The Kier molecular flexibility index (Phi) is 2.08. The Labute approximate surface area is 88.0 Å². The van der Waals surface area contributed by atoms with Crippen LogP contribution in [-0.4, -0.2) is 6.09 Å². The van der Waals surface area contributed by atoms with Gasteiger partial charge in [-0.15, -0.1) is 11.3 Å². The van der Waals surface area contributed by atoms with Crippen LogP contribution in [0.25, 0.3) is 0 Å². The first-order chi connectivity index (χ1) is 6.12. The van der Waals surface area contributed by atoms with Gasteiger partial charge in [0.25, 0.3) is 0 Å². The number of amides is 1. The molecule has 70 valence electrons. The molecule has 2 rings (SSSR count). The molecule has 1 aliphatic carbocycles. The molecule has 0 saturated heterocycles. The zero-order chi connectivity index (χ0) is 9.47. The van der Waals surface area contributed by atoms with E-state index in [2.05, 4.69) is 15.9 Å². The van der Waals surface area contributed by atoms with Crippen molar-refractivity contribution in [2.24, 2.45) is 5.73 Å². The summed E-state index contributed by atoms with van der Waals surface area (Å²) in [5.74, 6) is 0. The Balaban J connectivity index is 2.20. The number of ether oxygens (including phenoxy) is 1. The normalized spacial score (nSPS) is 18.2. The van der Waals surface area contributed by atoms with Crippen LogP contribution in [0.15, 0.2) is 15.2 Å². The summed E-state index contributed by atoms with van der Waals surface area (Å²) in [6.07, 6.45) is 1.05. The van der Waals surface area contributed by atoms with E-state index in [4.69, 9.17) is 10.5 Å². The van der Waals surface area contributed by atoms with Gasteiger partial charge in [0.15, 0.2) is 0 Å². The van der Waals surface area contributed by atoms with Crippen molar-refractivity contribution in [1.82, 2.24) is 0 Å². The fourth-order valence-corrected chi connectivity index (χ4v) is 2.55. The average Bonchev–Trinajstić information content (AvgIpc) is 2.65. The lowest BCUT2D eigenvalue weighted by Crippen LogP contribution is -2.21. The number of hydrogen-bond acceptors (Lipinski definition) is 3. The SMILES string of the molecule is NC(=O)OC1(c2csc(Br)c2)CC1. The topological polar surface area (TPSA) is 52.3 Å². The van der Waals surface area contributed by atoms with Gasteiger partial charge in [-0.05, 0) is 40.2 Å². The van der Waals surface area contributed by atoms with Crippen LogP contribution in [0.3, 0.4) is 0 Å². The molecule has 0 atom stereocenters. The first kappa shape index (κ1) is 9.02. The molecule has 0 unspecified atom stereocenters. The van der Waals surface area contributed by atoms with Crippen LogP contribution >= 0.6 is 27.3 Å². The van der Waals surface area contributed by atoms with Crippen molar-refractivity contribution in [3.8, 4) is 0 Å². The van der Waals surface area contributed by atoms with Crippen LogP contribution in [0, 0.1) is 0 Å². The summed E-state index contributed by atoms with van der Waals surface area (Å²) < 4.78 is 6.12. The molecule has 1 aliphatic rings. The van der Waals surface area contributed by atoms with E-state index in [0.717, 1.165) is 22.2 Å². The van der Waals surface area contributed by atoms with E-state index in [1.165, 1.54) is 0 Å². The van der Waals surface area contributed by atoms with Gasteiger partial charge in [-0.3, -0.25) is 0 Å². The second kappa shape index (κ2) is 2.99. The second-order valence-electron chi connectivity index (χ2n) is 3.05. The molecule has 0 radical (unpaired) electrons. The largest absolute Gasteiger partial charge is 0.438 e. The minimum absolute atomic E-state index is 0.408. The van der Waals surface area contributed by atoms with Crippen LogP contribution in [-0.2, 0) is 10.3 Å². The first-order valence-electron chi connectivity index (χ1n) is 3.85. The van der Waals surface area contributed by atoms with Gasteiger partial charge in [0.2, 0.25) is 0 Å². The van der Waals surface area contributed by atoms with Gasteiger partial charge >= 0.3 is 6.09 Å². The van der Waals surface area contributed by atoms with Crippen LogP contribution in [0.5, 0.6) is 0 Å². The molecule has 1 aromatic rings. The summed E-state index contributed by atoms with van der Waals surface area (Å²) in [6.45, 7) is 0. The Hall–Kier alpha value is -0.550. The Morgan fingerprint density at radius 3 is 2.77 bits per heavy atom. The summed E-state index contributed by atoms with van der Waals surface area (Å²) in [6, 6.07) is 1.97. The third-order valence-electron chi connectivity index (χ3n) is 2.09. The van der Waals surface area contributed by atoms with Gasteiger partial charge in [0, 0.05) is 5.56 Å². The molecule has 0 aliphatic heterocycles. The molecule has 1 heterocycles. The molecule has 5 heteroatoms. The highest BCUT2D eigenvalue weighted by Crippen LogP contribution is 2.50. The van der Waals surface area contributed by atoms with E-state index < -0.39 is 11.7 Å². The van der Waals surface area contributed by atoms with Crippen molar-refractivity contribution < 1.29 is 9.53 Å². The summed E-state index contributed by atoms with van der Waals surface area (Å²) in [5, 5.41) is 1.99. The van der Waals surface area contributed by atoms with Gasteiger partial charge in [-0.25, -0.2) is 4.79 Å². The smallest absolute Gasteiger partial charge is 0.405 e. The van der Waals surface area contributed by atoms with E-state index in [-0.39, 0.29) is 0 Å². The Bertz CT molecular complexity index is 346. The van der Waals surface area contributed by atoms with Crippen molar-refractivity contribution in [3.05, 3.63) is 20.8 Å². The van der Waals surface area contributed by atoms with Crippen LogP contribution in [0.1, 0.15) is 18.4 Å². The highest BCUT2D eigenvalue weighted by Gasteiger charge is 2.48. The molecular weight excluding hydrogens is 254 g/mol. The molecular formula is C8H8BrNO2S. The number of hydrogen-bond donors (Lipinski definition) is 1. The number of halogens is 1. The molecule has 3 nitrogen and oxygen atoms in total. The highest BCUT2D eigenvalue weighted by molar-refractivity contribution is 9.11. The number of carbonyl (C=O) groups excluding carboxylic acids is 1. The van der Waals surface area contributed by atoms with E-state index in [1.54, 1.807) is 11.3 Å². The summed E-state index contributed by atoms with van der Waals surface area (Å²) in [4.78, 5) is 10.6. The molecule has 1 saturated carbocycles. The van der Waals surface area contributed by atoms with Crippen molar-refractivity contribution in [2.75, 3.05) is 0 Å². The predicted molar refractivity (Wildman–Crippen MR) is 53.6 cm³/mol. The molecule has 0 bridgehead atoms. The molecule has 0 spiro atoms. The number of thiophene rings is 1. The summed E-state index contributed by atoms with van der Waals surface area (Å²) in [5.41, 5.74) is 5.63. The Morgan fingerprint density at radius 2 is 2.38 bits per heavy atom. The number of nitrogens with two attached hydrogens (primary N) is 1. The van der Waals surface area contributed by atoms with Gasteiger partial charge in [0.1, 0.15) is 5.60 Å². The average molecular weight is 262 g/mol. The zero-order valence-corrected chi connectivity index (χ0v) is 9.15. The fraction of sp³-hybridized carbons (Fsp3) is 0.375. The highest BCUT2D eigenvalue weighted by atomic mass is 79.9. The number of primary amides is 1. The fourth-order valence-electron chi connectivity index (χ4n) is 1.30. The van der Waals surface area contributed by atoms with Gasteiger partial charge < -0.3 is 10.5 Å². The maximum Gasteiger partial charge on any atom is 0.405 e. The number of carbonyl (C=O) groups is 1. The quantitative estimate of drug-likeness (QED) is 0.890. The van der Waals surface area contributed by atoms with Crippen LogP contribution in [0.2, 0.25) is 0 Å². The molecule has 0 aromatic carbocycles. The summed E-state index contributed by atoms with van der Waals surface area (Å²) in [7, 11) is 0. The molecule has 1 aromatic heterocycles. The Morgan fingerprint density at radius 1 is 1.69 bits per heavy atom. The second-order valence-corrected chi connectivity index (χ2v) is 5.35. The molecule has 1 fully saturated rings. The monoisotopic (exact) mass is 261 g/mol. The third-order valence-corrected chi connectivity index (χ3v) is 3.60. The van der Waals surface area contributed by atoms with E-state index in [9.17, 15) is 4.79 Å². The molecule has 13 heavy (non-hydrogen) atoms. The maximum atomic E-state index is 10.6. The lowest BCUT2D eigenvalue weighted by molar-refractivity contribution is 0.0902. The summed E-state index contributed by atoms with van der Waals surface area (Å²) >= 11 is 4.95. The van der Waals surface area contributed by atoms with Gasteiger partial charge in [0.05, 0.1) is 3.79 Å². The molecule has 2 N–H and O–H groups in total. The van der Waals surface area contributed by atoms with Crippen molar-refractivity contribution in [3.63, 3.8) is 0 Å². The standard InChI is InChI=1S/C8H8BrNO2S/c9-6-3-5(4-13-6)8(1-2-8)12-7(10)11/h3-4H,1-2H2,(H2,10,11). The zero-order valence-electron chi connectivity index (χ0n) is 6.75. The van der Waals surface area contributed by atoms with Gasteiger partial charge in [-0.2, -0.15) is 0 Å². The minimum atomic E-state index is -0.695. The lowest BCUT2D eigenvalue weighted by atomic mass is 10.2. The van der Waals surface area contributed by atoms with Crippen LogP contribution in [0.4, 0.5) is 4.79 Å². The van der Waals surface area contributed by atoms with E-state index in [1.807, 2.05) is 11.4 Å². The van der Waals surface area contributed by atoms with Gasteiger partial charge in [-0.1, -0.05) is 0 Å². The third kappa shape index (κ3) is 1.71. The van der Waals surface area contributed by atoms with Crippen molar-refractivity contribution in [1.29, 1.82) is 0 Å². The number of rotatable bonds is 2. The maximum absolute atomic E-state index is 10.6. The van der Waals surface area contributed by atoms with Crippen molar-refractivity contribution in [2.45, 2.75) is 18.4 Å². The lowest BCUT2D eigenvalue weighted by Gasteiger charge is -2.12.